The van der Waals surface area contributed by atoms with Crippen LogP contribution in [-0.2, 0) is 0 Å². The molecule has 4 rings (SSSR count). The molecule has 2 aliphatic heterocycles. The molecule has 1 amide bonds. The Bertz CT molecular complexity index is 597. The van der Waals surface area contributed by atoms with Gasteiger partial charge in [0.1, 0.15) is 12.4 Å². The third-order valence-electron chi connectivity index (χ3n) is 5.30. The van der Waals surface area contributed by atoms with Gasteiger partial charge in [-0.05, 0) is 43.9 Å². The predicted molar refractivity (Wildman–Crippen MR) is 90.2 cm³/mol. The molecule has 0 radical (unpaired) electrons. The van der Waals surface area contributed by atoms with Gasteiger partial charge in [0.25, 0.3) is 5.91 Å². The van der Waals surface area contributed by atoms with Crippen molar-refractivity contribution in [1.29, 1.82) is 0 Å². The molecule has 3 aliphatic rings. The standard InChI is InChI=1S/C18H23ClN2O2/c19-16-10-13(18(22)20-8-1-2-9-20)6-7-17(16)23-12-15-11-21(15)14-4-3-5-14/h6-7,10,14-15H,1-5,8-9,11-12H2. The molecule has 0 spiro atoms. The summed E-state index contributed by atoms with van der Waals surface area (Å²) in [6.45, 7) is 3.55. The number of ether oxygens (including phenoxy) is 1. The third kappa shape index (κ3) is 3.20. The maximum absolute atomic E-state index is 12.4. The summed E-state index contributed by atoms with van der Waals surface area (Å²) in [5.74, 6) is 0.763. The van der Waals surface area contributed by atoms with Gasteiger partial charge in [-0.25, -0.2) is 0 Å². The van der Waals surface area contributed by atoms with Crippen LogP contribution in [0.15, 0.2) is 18.2 Å². The zero-order valence-corrected chi connectivity index (χ0v) is 14.1. The topological polar surface area (TPSA) is 32.6 Å². The first kappa shape index (κ1) is 15.3. The Hall–Kier alpha value is -1.26. The predicted octanol–water partition coefficient (Wildman–Crippen LogP) is 3.19. The molecule has 1 aliphatic carbocycles. The van der Waals surface area contributed by atoms with Crippen molar-refractivity contribution >= 4 is 17.5 Å². The summed E-state index contributed by atoms with van der Waals surface area (Å²) in [4.78, 5) is 16.8. The van der Waals surface area contributed by atoms with E-state index in [1.165, 1.54) is 19.3 Å². The average Bonchev–Trinajstić information content (AvgIpc) is 3.03. The normalized spacial score (nSPS) is 26.9. The average molecular weight is 335 g/mol. The second-order valence-electron chi connectivity index (χ2n) is 6.89. The van der Waals surface area contributed by atoms with Crippen LogP contribution in [0.3, 0.4) is 0 Å². The number of hydrogen-bond donors (Lipinski definition) is 0. The molecule has 2 atom stereocenters. The van der Waals surface area contributed by atoms with Gasteiger partial charge in [0.2, 0.25) is 0 Å². The fraction of sp³-hybridized carbons (Fsp3) is 0.611. The van der Waals surface area contributed by atoms with Crippen LogP contribution in [0.25, 0.3) is 0 Å². The second-order valence-corrected chi connectivity index (χ2v) is 7.30. The van der Waals surface area contributed by atoms with Gasteiger partial charge in [-0.1, -0.05) is 18.0 Å². The highest BCUT2D eigenvalue weighted by Gasteiger charge is 2.42. The lowest BCUT2D eigenvalue weighted by Gasteiger charge is -2.27. The smallest absolute Gasteiger partial charge is 0.253 e. The van der Waals surface area contributed by atoms with Crippen molar-refractivity contribution < 1.29 is 9.53 Å². The molecule has 23 heavy (non-hydrogen) atoms. The lowest BCUT2D eigenvalue weighted by Crippen LogP contribution is -2.29. The van der Waals surface area contributed by atoms with E-state index in [9.17, 15) is 4.79 Å². The number of carbonyl (C=O) groups excluding carboxylic acids is 1. The van der Waals surface area contributed by atoms with Crippen molar-refractivity contribution in [3.8, 4) is 5.75 Å². The van der Waals surface area contributed by atoms with Crippen LogP contribution in [0.5, 0.6) is 5.75 Å². The maximum Gasteiger partial charge on any atom is 0.253 e. The van der Waals surface area contributed by atoms with E-state index in [2.05, 4.69) is 4.90 Å². The van der Waals surface area contributed by atoms with E-state index in [1.807, 2.05) is 17.0 Å². The molecular weight excluding hydrogens is 312 g/mol. The number of likely N-dealkylation sites (tertiary alicyclic amines) is 1. The first-order valence-corrected chi connectivity index (χ1v) is 9.07. The van der Waals surface area contributed by atoms with E-state index in [0.717, 1.165) is 38.5 Å². The lowest BCUT2D eigenvalue weighted by atomic mass is 9.93. The molecule has 3 fully saturated rings. The van der Waals surface area contributed by atoms with Crippen LogP contribution in [0.4, 0.5) is 0 Å². The molecule has 0 aromatic heterocycles. The number of benzene rings is 1. The van der Waals surface area contributed by atoms with E-state index in [-0.39, 0.29) is 5.91 Å². The molecule has 1 saturated carbocycles. The first-order chi connectivity index (χ1) is 11.2. The molecule has 0 N–H and O–H groups in total. The zero-order chi connectivity index (χ0) is 15.8. The third-order valence-corrected chi connectivity index (χ3v) is 5.60. The van der Waals surface area contributed by atoms with Crippen LogP contribution < -0.4 is 4.74 Å². The van der Waals surface area contributed by atoms with E-state index in [1.54, 1.807) is 6.07 Å². The van der Waals surface area contributed by atoms with Gasteiger partial charge < -0.3 is 9.64 Å². The monoisotopic (exact) mass is 334 g/mol. The summed E-state index contributed by atoms with van der Waals surface area (Å²) < 4.78 is 5.87. The van der Waals surface area contributed by atoms with Gasteiger partial charge in [-0.15, -0.1) is 0 Å². The Morgan fingerprint density at radius 2 is 2.00 bits per heavy atom. The summed E-state index contributed by atoms with van der Waals surface area (Å²) in [6.07, 6.45) is 6.24. The lowest BCUT2D eigenvalue weighted by molar-refractivity contribution is 0.0793. The Morgan fingerprint density at radius 1 is 1.22 bits per heavy atom. The molecular formula is C18H23ClN2O2. The van der Waals surface area contributed by atoms with Crippen LogP contribution >= 0.6 is 11.6 Å². The van der Waals surface area contributed by atoms with Gasteiger partial charge in [0, 0.05) is 31.2 Å². The summed E-state index contributed by atoms with van der Waals surface area (Å²) >= 11 is 6.31. The van der Waals surface area contributed by atoms with E-state index in [4.69, 9.17) is 16.3 Å². The molecule has 4 nitrogen and oxygen atoms in total. The number of hydrogen-bond acceptors (Lipinski definition) is 3. The molecule has 124 valence electrons. The zero-order valence-electron chi connectivity index (χ0n) is 13.3. The fourth-order valence-corrected chi connectivity index (χ4v) is 3.79. The molecule has 1 aromatic carbocycles. The van der Waals surface area contributed by atoms with Crippen molar-refractivity contribution in [2.45, 2.75) is 44.2 Å². The molecule has 0 bridgehead atoms. The fourth-order valence-electron chi connectivity index (χ4n) is 3.55. The number of nitrogens with zero attached hydrogens (tertiary/aromatic N) is 2. The number of rotatable bonds is 5. The van der Waals surface area contributed by atoms with E-state index in [0.29, 0.717) is 29.0 Å². The summed E-state index contributed by atoms with van der Waals surface area (Å²) in [5.41, 5.74) is 0.659. The molecule has 2 saturated heterocycles. The first-order valence-electron chi connectivity index (χ1n) is 8.70. The second kappa shape index (κ2) is 6.33. The SMILES string of the molecule is O=C(c1ccc(OCC2CN2C2CCC2)c(Cl)c1)N1CCCC1. The Labute approximate surface area is 142 Å². The number of amides is 1. The minimum Gasteiger partial charge on any atom is -0.490 e. The van der Waals surface area contributed by atoms with Crippen molar-refractivity contribution in [3.63, 3.8) is 0 Å². The molecule has 1 aromatic rings. The van der Waals surface area contributed by atoms with E-state index < -0.39 is 0 Å². The van der Waals surface area contributed by atoms with Crippen LogP contribution in [0, 0.1) is 0 Å². The summed E-state index contributed by atoms with van der Waals surface area (Å²) in [6, 6.07) is 6.75. The van der Waals surface area contributed by atoms with Gasteiger partial charge in [-0.3, -0.25) is 9.69 Å². The van der Waals surface area contributed by atoms with Crippen LogP contribution in [0.2, 0.25) is 5.02 Å². The minimum atomic E-state index is 0.0781. The summed E-state index contributed by atoms with van der Waals surface area (Å²) in [5, 5.41) is 0.533. The highest BCUT2D eigenvalue weighted by Crippen LogP contribution is 2.34. The molecule has 2 heterocycles. The Morgan fingerprint density at radius 3 is 2.65 bits per heavy atom. The largest absolute Gasteiger partial charge is 0.490 e. The van der Waals surface area contributed by atoms with E-state index >= 15 is 0 Å². The number of carbonyl (C=O) groups is 1. The maximum atomic E-state index is 12.4. The van der Waals surface area contributed by atoms with Gasteiger partial charge in [0.15, 0.2) is 0 Å². The Kier molecular flexibility index (Phi) is 4.20. The van der Waals surface area contributed by atoms with Crippen LogP contribution in [0.1, 0.15) is 42.5 Å². The van der Waals surface area contributed by atoms with Crippen molar-refractivity contribution in [1.82, 2.24) is 9.80 Å². The van der Waals surface area contributed by atoms with Gasteiger partial charge >= 0.3 is 0 Å². The number of halogens is 1. The van der Waals surface area contributed by atoms with Gasteiger partial charge in [-0.2, -0.15) is 0 Å². The van der Waals surface area contributed by atoms with Crippen molar-refractivity contribution in [2.24, 2.45) is 0 Å². The van der Waals surface area contributed by atoms with Gasteiger partial charge in [0.05, 0.1) is 11.1 Å². The summed E-state index contributed by atoms with van der Waals surface area (Å²) in [7, 11) is 0. The van der Waals surface area contributed by atoms with Crippen molar-refractivity contribution in [2.75, 3.05) is 26.2 Å². The Balaban J connectivity index is 1.33. The molecule has 5 heteroatoms. The highest BCUT2D eigenvalue weighted by molar-refractivity contribution is 6.32. The van der Waals surface area contributed by atoms with Crippen molar-refractivity contribution in [3.05, 3.63) is 28.8 Å². The highest BCUT2D eigenvalue weighted by atomic mass is 35.5. The molecule has 2 unspecified atom stereocenters. The quantitative estimate of drug-likeness (QED) is 0.775. The minimum absolute atomic E-state index is 0.0781. The van der Waals surface area contributed by atoms with Crippen LogP contribution in [-0.4, -0.2) is 54.0 Å².